The molecule has 0 bridgehead atoms. The van der Waals surface area contributed by atoms with Gasteiger partial charge in [0.25, 0.3) is 0 Å². The van der Waals surface area contributed by atoms with Crippen molar-refractivity contribution in [3.63, 3.8) is 0 Å². The molecule has 1 aromatic rings. The van der Waals surface area contributed by atoms with Crippen LogP contribution in [-0.2, 0) is 0 Å². The lowest BCUT2D eigenvalue weighted by molar-refractivity contribution is 0.112. The minimum atomic E-state index is 0.0655. The highest BCUT2D eigenvalue weighted by atomic mass is 32.1. The maximum atomic E-state index is 10.2. The number of thiazole rings is 1. The smallest absolute Gasteiger partial charge is 0.183 e. The number of carbonyl (C=O) groups excluding carboxylic acids is 1. The Balaban J connectivity index is 2.51. The van der Waals surface area contributed by atoms with E-state index in [0.29, 0.717) is 16.6 Å². The number of hydrogen-bond donors (Lipinski definition) is 2. The third-order valence-corrected chi connectivity index (χ3v) is 1.91. The number of aromatic nitrogens is 1. The SMILES string of the molecule is O=Cc1cnc(NCCO)s1. The fourth-order valence-corrected chi connectivity index (χ4v) is 1.24. The molecule has 0 aliphatic heterocycles. The average molecular weight is 172 g/mol. The standard InChI is InChI=1S/C6H8N2O2S/c9-2-1-7-6-8-3-5(4-10)11-6/h3-4,9H,1-2H2,(H,7,8). The molecule has 1 heterocycles. The Morgan fingerprint density at radius 2 is 2.64 bits per heavy atom. The molecule has 11 heavy (non-hydrogen) atoms. The van der Waals surface area contributed by atoms with Gasteiger partial charge in [-0.3, -0.25) is 4.79 Å². The van der Waals surface area contributed by atoms with Crippen LogP contribution in [0.1, 0.15) is 9.67 Å². The van der Waals surface area contributed by atoms with Crippen molar-refractivity contribution in [3.05, 3.63) is 11.1 Å². The predicted molar refractivity (Wildman–Crippen MR) is 43.1 cm³/mol. The van der Waals surface area contributed by atoms with E-state index in [4.69, 9.17) is 5.11 Å². The molecule has 4 nitrogen and oxygen atoms in total. The third-order valence-electron chi connectivity index (χ3n) is 1.03. The van der Waals surface area contributed by atoms with Crippen LogP contribution < -0.4 is 5.32 Å². The molecule has 0 aromatic carbocycles. The fourth-order valence-electron chi connectivity index (χ4n) is 0.586. The van der Waals surface area contributed by atoms with Gasteiger partial charge in [-0.15, -0.1) is 0 Å². The quantitative estimate of drug-likeness (QED) is 0.644. The first-order chi connectivity index (χ1) is 5.36. The second kappa shape index (κ2) is 4.05. The number of anilines is 1. The van der Waals surface area contributed by atoms with Gasteiger partial charge in [0.15, 0.2) is 11.4 Å². The van der Waals surface area contributed by atoms with Gasteiger partial charge in [-0.1, -0.05) is 11.3 Å². The van der Waals surface area contributed by atoms with Crippen molar-refractivity contribution in [2.75, 3.05) is 18.5 Å². The molecule has 1 aromatic heterocycles. The summed E-state index contributed by atoms with van der Waals surface area (Å²) in [5.41, 5.74) is 0. The molecule has 0 aliphatic carbocycles. The number of aliphatic hydroxyl groups is 1. The summed E-state index contributed by atoms with van der Waals surface area (Å²) in [4.78, 5) is 14.7. The number of nitrogens with zero attached hydrogens (tertiary/aromatic N) is 1. The monoisotopic (exact) mass is 172 g/mol. The minimum absolute atomic E-state index is 0.0655. The maximum absolute atomic E-state index is 10.2. The van der Waals surface area contributed by atoms with Crippen LogP contribution in [0, 0.1) is 0 Å². The van der Waals surface area contributed by atoms with E-state index in [-0.39, 0.29) is 6.61 Å². The van der Waals surface area contributed by atoms with Gasteiger partial charge in [0, 0.05) is 6.54 Å². The van der Waals surface area contributed by atoms with E-state index in [1.54, 1.807) is 0 Å². The molecule has 0 radical (unpaired) electrons. The van der Waals surface area contributed by atoms with Crippen LogP contribution in [0.2, 0.25) is 0 Å². The van der Waals surface area contributed by atoms with Gasteiger partial charge < -0.3 is 10.4 Å². The van der Waals surface area contributed by atoms with E-state index in [1.165, 1.54) is 17.5 Å². The molecule has 2 N–H and O–H groups in total. The maximum Gasteiger partial charge on any atom is 0.183 e. The average Bonchev–Trinajstić information content (AvgIpc) is 2.48. The molecule has 1 rings (SSSR count). The fraction of sp³-hybridized carbons (Fsp3) is 0.333. The summed E-state index contributed by atoms with van der Waals surface area (Å²) >= 11 is 1.27. The van der Waals surface area contributed by atoms with E-state index in [1.807, 2.05) is 0 Å². The van der Waals surface area contributed by atoms with Crippen LogP contribution in [0.25, 0.3) is 0 Å². The minimum Gasteiger partial charge on any atom is -0.395 e. The van der Waals surface area contributed by atoms with E-state index in [0.717, 1.165) is 6.29 Å². The van der Waals surface area contributed by atoms with Crippen LogP contribution in [0.5, 0.6) is 0 Å². The highest BCUT2D eigenvalue weighted by Gasteiger charge is 1.97. The molecule has 60 valence electrons. The van der Waals surface area contributed by atoms with Crippen LogP contribution in [0.3, 0.4) is 0 Å². The predicted octanol–water partition coefficient (Wildman–Crippen LogP) is 0.360. The highest BCUT2D eigenvalue weighted by molar-refractivity contribution is 7.17. The summed E-state index contributed by atoms with van der Waals surface area (Å²) in [7, 11) is 0. The number of nitrogens with one attached hydrogen (secondary N) is 1. The second-order valence-electron chi connectivity index (χ2n) is 1.84. The Morgan fingerprint density at radius 3 is 3.18 bits per heavy atom. The van der Waals surface area contributed by atoms with Crippen molar-refractivity contribution in [2.24, 2.45) is 0 Å². The van der Waals surface area contributed by atoms with E-state index < -0.39 is 0 Å². The van der Waals surface area contributed by atoms with Crippen LogP contribution >= 0.6 is 11.3 Å². The van der Waals surface area contributed by atoms with Gasteiger partial charge in [0.1, 0.15) is 0 Å². The lowest BCUT2D eigenvalue weighted by Gasteiger charge is -1.95. The molecule has 5 heteroatoms. The van der Waals surface area contributed by atoms with E-state index in [2.05, 4.69) is 10.3 Å². The molecule has 0 spiro atoms. The lowest BCUT2D eigenvalue weighted by Crippen LogP contribution is -2.04. The normalized spacial score (nSPS) is 9.55. The summed E-state index contributed by atoms with van der Waals surface area (Å²) in [6.45, 7) is 0.530. The Bertz CT molecular complexity index is 236. The van der Waals surface area contributed by atoms with Crippen molar-refractivity contribution in [3.8, 4) is 0 Å². The molecule has 0 saturated heterocycles. The van der Waals surface area contributed by atoms with Gasteiger partial charge >= 0.3 is 0 Å². The summed E-state index contributed by atoms with van der Waals surface area (Å²) < 4.78 is 0. The van der Waals surface area contributed by atoms with Gasteiger partial charge in [-0.25, -0.2) is 4.98 Å². The van der Waals surface area contributed by atoms with Crippen molar-refractivity contribution in [2.45, 2.75) is 0 Å². The number of aldehydes is 1. The highest BCUT2D eigenvalue weighted by Crippen LogP contribution is 2.14. The van der Waals surface area contributed by atoms with Gasteiger partial charge in [-0.2, -0.15) is 0 Å². The number of hydrogen-bond acceptors (Lipinski definition) is 5. The first-order valence-corrected chi connectivity index (χ1v) is 3.94. The molecule has 0 fully saturated rings. The molecule has 0 aliphatic rings. The zero-order chi connectivity index (χ0) is 8.10. The Hall–Kier alpha value is -0.940. The number of rotatable bonds is 4. The lowest BCUT2D eigenvalue weighted by atomic mass is 10.6. The van der Waals surface area contributed by atoms with Gasteiger partial charge in [0.2, 0.25) is 0 Å². The summed E-state index contributed by atoms with van der Waals surface area (Å²) in [5.74, 6) is 0. The number of carbonyl (C=O) groups is 1. The first kappa shape index (κ1) is 8.16. The third kappa shape index (κ3) is 2.28. The topological polar surface area (TPSA) is 62.2 Å². The van der Waals surface area contributed by atoms with Gasteiger partial charge in [-0.05, 0) is 0 Å². The molecule has 0 atom stereocenters. The van der Waals surface area contributed by atoms with E-state index >= 15 is 0 Å². The Kier molecular flexibility index (Phi) is 3.00. The molecule has 0 saturated carbocycles. The zero-order valence-corrected chi connectivity index (χ0v) is 6.60. The molecular formula is C6H8N2O2S. The second-order valence-corrected chi connectivity index (χ2v) is 2.90. The van der Waals surface area contributed by atoms with E-state index in [9.17, 15) is 4.79 Å². The largest absolute Gasteiger partial charge is 0.395 e. The van der Waals surface area contributed by atoms with Crippen LogP contribution in [0.4, 0.5) is 5.13 Å². The Labute approximate surface area is 67.9 Å². The molecule has 0 unspecified atom stereocenters. The first-order valence-electron chi connectivity index (χ1n) is 3.12. The van der Waals surface area contributed by atoms with Crippen LogP contribution in [-0.4, -0.2) is 29.5 Å². The summed E-state index contributed by atoms with van der Waals surface area (Å²) in [6, 6.07) is 0. The zero-order valence-electron chi connectivity index (χ0n) is 5.78. The Morgan fingerprint density at radius 1 is 1.82 bits per heavy atom. The molecular weight excluding hydrogens is 164 g/mol. The number of aliphatic hydroxyl groups excluding tert-OH is 1. The summed E-state index contributed by atoms with van der Waals surface area (Å²) in [6.07, 6.45) is 2.25. The van der Waals surface area contributed by atoms with Crippen molar-refractivity contribution in [1.29, 1.82) is 0 Å². The van der Waals surface area contributed by atoms with Crippen LogP contribution in [0.15, 0.2) is 6.20 Å². The van der Waals surface area contributed by atoms with Crippen molar-refractivity contribution < 1.29 is 9.90 Å². The molecule has 0 amide bonds. The van der Waals surface area contributed by atoms with Crippen molar-refractivity contribution >= 4 is 22.8 Å². The van der Waals surface area contributed by atoms with Crippen molar-refractivity contribution in [1.82, 2.24) is 4.98 Å². The summed E-state index contributed by atoms with van der Waals surface area (Å²) in [5, 5.41) is 12.0. The van der Waals surface area contributed by atoms with Gasteiger partial charge in [0.05, 0.1) is 17.7 Å².